The van der Waals surface area contributed by atoms with E-state index in [2.05, 4.69) is 10.1 Å². The summed E-state index contributed by atoms with van der Waals surface area (Å²) in [6.07, 6.45) is 0. The maximum atomic E-state index is 13.1. The number of fused-ring (bicyclic) bond motifs is 2. The number of nitrogens with zero attached hydrogens (tertiary/aromatic N) is 1. The van der Waals surface area contributed by atoms with Crippen LogP contribution in [0.2, 0.25) is 0 Å². The Morgan fingerprint density at radius 3 is 2.72 bits per heavy atom. The largest absolute Gasteiger partial charge is 0.468 e. The molecule has 0 saturated heterocycles. The molecule has 2 aliphatic rings. The van der Waals surface area contributed by atoms with Gasteiger partial charge in [-0.05, 0) is 29.3 Å². The number of amides is 2. The molecule has 150 valence electrons. The smallest absolute Gasteiger partial charge is 0.325 e. The van der Waals surface area contributed by atoms with Gasteiger partial charge in [-0.2, -0.15) is 0 Å². The van der Waals surface area contributed by atoms with E-state index in [9.17, 15) is 14.4 Å². The van der Waals surface area contributed by atoms with Gasteiger partial charge in [-0.25, -0.2) is 0 Å². The van der Waals surface area contributed by atoms with Crippen molar-refractivity contribution in [1.29, 1.82) is 0 Å². The van der Waals surface area contributed by atoms with Gasteiger partial charge in [0.25, 0.3) is 5.91 Å². The van der Waals surface area contributed by atoms with Gasteiger partial charge in [0, 0.05) is 12.6 Å². The van der Waals surface area contributed by atoms with Crippen LogP contribution in [0.1, 0.15) is 33.4 Å². The predicted molar refractivity (Wildman–Crippen MR) is 102 cm³/mol. The van der Waals surface area contributed by atoms with Gasteiger partial charge in [-0.3, -0.25) is 14.4 Å². The lowest BCUT2D eigenvalue weighted by molar-refractivity contribution is -0.141. The Bertz CT molecular complexity index is 989. The van der Waals surface area contributed by atoms with E-state index in [1.54, 1.807) is 48.3 Å². The van der Waals surface area contributed by atoms with Crippen molar-refractivity contribution in [2.45, 2.75) is 12.0 Å². The maximum Gasteiger partial charge on any atom is 0.325 e. The molecule has 4 rings (SSSR count). The Morgan fingerprint density at radius 2 is 1.93 bits per heavy atom. The number of esters is 1. The monoisotopic (exact) mass is 396 g/mol. The second-order valence-corrected chi connectivity index (χ2v) is 6.83. The number of hydrogen-bond acceptors (Lipinski definition) is 6. The van der Waals surface area contributed by atoms with E-state index in [0.29, 0.717) is 22.6 Å². The highest BCUT2D eigenvalue weighted by Gasteiger charge is 2.43. The number of hydrogen-bond donors (Lipinski definition) is 1. The second kappa shape index (κ2) is 7.46. The van der Waals surface area contributed by atoms with Crippen LogP contribution in [-0.2, 0) is 14.3 Å². The maximum absolute atomic E-state index is 13.1. The molecule has 0 aliphatic carbocycles. The number of carbonyl (C=O) groups is 3. The van der Waals surface area contributed by atoms with Gasteiger partial charge < -0.3 is 24.4 Å². The molecule has 8 nitrogen and oxygen atoms in total. The van der Waals surface area contributed by atoms with Crippen molar-refractivity contribution in [2.75, 3.05) is 27.5 Å². The van der Waals surface area contributed by atoms with Crippen molar-refractivity contribution < 1.29 is 28.6 Å². The Balaban J connectivity index is 1.77. The van der Waals surface area contributed by atoms with E-state index >= 15 is 0 Å². The highest BCUT2D eigenvalue weighted by Crippen LogP contribution is 2.44. The van der Waals surface area contributed by atoms with Crippen LogP contribution in [0.5, 0.6) is 11.5 Å². The fraction of sp³-hybridized carbons (Fsp3) is 0.286. The van der Waals surface area contributed by atoms with Crippen molar-refractivity contribution in [2.24, 2.45) is 0 Å². The molecule has 1 N–H and O–H groups in total. The van der Waals surface area contributed by atoms with Crippen LogP contribution in [0.15, 0.2) is 42.5 Å². The third kappa shape index (κ3) is 3.26. The minimum atomic E-state index is -0.709. The van der Waals surface area contributed by atoms with Crippen molar-refractivity contribution in [3.63, 3.8) is 0 Å². The first-order valence-corrected chi connectivity index (χ1v) is 9.11. The van der Waals surface area contributed by atoms with E-state index in [1.165, 1.54) is 7.11 Å². The number of ether oxygens (including phenoxy) is 3. The first-order valence-electron chi connectivity index (χ1n) is 9.11. The van der Waals surface area contributed by atoms with Gasteiger partial charge in [-0.15, -0.1) is 0 Å². The van der Waals surface area contributed by atoms with Crippen LogP contribution in [-0.4, -0.2) is 50.2 Å². The molecular formula is C21H20N2O6. The van der Waals surface area contributed by atoms with Crippen LogP contribution in [0, 0.1) is 0 Å². The third-order valence-corrected chi connectivity index (χ3v) is 5.23. The molecular weight excluding hydrogens is 376 g/mol. The highest BCUT2D eigenvalue weighted by molar-refractivity contribution is 6.01. The van der Waals surface area contributed by atoms with E-state index in [-0.39, 0.29) is 25.2 Å². The zero-order chi connectivity index (χ0) is 20.5. The van der Waals surface area contributed by atoms with Gasteiger partial charge >= 0.3 is 5.97 Å². The Kier molecular flexibility index (Phi) is 4.84. The molecule has 0 unspecified atom stereocenters. The molecule has 2 aliphatic heterocycles. The first kappa shape index (κ1) is 18.8. The summed E-state index contributed by atoms with van der Waals surface area (Å²) in [6.45, 7) is -0.121. The Labute approximate surface area is 167 Å². The zero-order valence-corrected chi connectivity index (χ0v) is 16.0. The highest BCUT2D eigenvalue weighted by atomic mass is 16.7. The average molecular weight is 396 g/mol. The third-order valence-electron chi connectivity index (χ3n) is 5.23. The number of carbonyl (C=O) groups excluding carboxylic acids is 3. The summed E-state index contributed by atoms with van der Waals surface area (Å²) < 4.78 is 15.4. The van der Waals surface area contributed by atoms with Crippen LogP contribution < -0.4 is 14.8 Å². The van der Waals surface area contributed by atoms with E-state index in [4.69, 9.17) is 9.47 Å². The standard InChI is InChI=1S/C21H20N2O6/c1-23-19(12-7-8-15-16(9-12)29-11-28-15)18(20(25)22-10-17(24)27-2)13-5-3-4-6-14(13)21(23)26/h3-9,18-19H,10-11H2,1-2H3,(H,22,25)/t18-,19-/m1/s1. The Hall–Kier alpha value is -3.55. The normalized spacial score (nSPS) is 19.5. The minimum Gasteiger partial charge on any atom is -0.468 e. The molecule has 2 aromatic rings. The molecule has 0 bridgehead atoms. The lowest BCUT2D eigenvalue weighted by Gasteiger charge is -2.39. The van der Waals surface area contributed by atoms with E-state index in [0.717, 1.165) is 5.56 Å². The summed E-state index contributed by atoms with van der Waals surface area (Å²) >= 11 is 0. The topological polar surface area (TPSA) is 94.2 Å². The summed E-state index contributed by atoms with van der Waals surface area (Å²) in [7, 11) is 2.92. The van der Waals surface area contributed by atoms with Gasteiger partial charge in [0.15, 0.2) is 11.5 Å². The number of nitrogens with one attached hydrogen (secondary N) is 1. The summed E-state index contributed by atoms with van der Waals surface area (Å²) in [5, 5.41) is 2.62. The van der Waals surface area contributed by atoms with Crippen LogP contribution >= 0.6 is 0 Å². The van der Waals surface area contributed by atoms with Gasteiger partial charge in [0.1, 0.15) is 6.54 Å². The lowest BCUT2D eigenvalue weighted by atomic mass is 9.79. The molecule has 8 heteroatoms. The van der Waals surface area contributed by atoms with Gasteiger partial charge in [-0.1, -0.05) is 24.3 Å². The molecule has 2 amide bonds. The molecule has 2 heterocycles. The minimum absolute atomic E-state index is 0.129. The van der Waals surface area contributed by atoms with Crippen LogP contribution in [0.25, 0.3) is 0 Å². The quantitative estimate of drug-likeness (QED) is 0.790. The summed E-state index contributed by atoms with van der Waals surface area (Å²) in [5.74, 6) is -0.628. The molecule has 29 heavy (non-hydrogen) atoms. The summed E-state index contributed by atoms with van der Waals surface area (Å²) in [4.78, 5) is 39.2. The predicted octanol–water partition coefficient (Wildman–Crippen LogP) is 1.61. The molecule has 0 radical (unpaired) electrons. The van der Waals surface area contributed by atoms with Crippen molar-refractivity contribution >= 4 is 17.8 Å². The number of methoxy groups -OCH3 is 1. The second-order valence-electron chi connectivity index (χ2n) is 6.83. The molecule has 0 spiro atoms. The van der Waals surface area contributed by atoms with Crippen molar-refractivity contribution in [3.05, 3.63) is 59.2 Å². The zero-order valence-electron chi connectivity index (χ0n) is 16.0. The summed E-state index contributed by atoms with van der Waals surface area (Å²) in [6, 6.07) is 11.8. The Morgan fingerprint density at radius 1 is 1.17 bits per heavy atom. The van der Waals surface area contributed by atoms with Crippen LogP contribution in [0.3, 0.4) is 0 Å². The first-order chi connectivity index (χ1) is 14.0. The summed E-state index contributed by atoms with van der Waals surface area (Å²) in [5.41, 5.74) is 1.81. The number of rotatable bonds is 4. The molecule has 0 fully saturated rings. The van der Waals surface area contributed by atoms with Crippen molar-refractivity contribution in [1.82, 2.24) is 10.2 Å². The molecule has 2 atom stereocenters. The lowest BCUT2D eigenvalue weighted by Crippen LogP contribution is -2.46. The van der Waals surface area contributed by atoms with Crippen molar-refractivity contribution in [3.8, 4) is 11.5 Å². The molecule has 0 aromatic heterocycles. The number of likely N-dealkylation sites (N-methyl/N-ethyl adjacent to an activating group) is 1. The van der Waals surface area contributed by atoms with Gasteiger partial charge in [0.05, 0.1) is 19.1 Å². The fourth-order valence-electron chi connectivity index (χ4n) is 3.81. The van der Waals surface area contributed by atoms with E-state index in [1.807, 2.05) is 6.07 Å². The SMILES string of the molecule is COC(=O)CNC(=O)[C@@H]1c2ccccc2C(=O)N(C)[C@@H]1c1ccc2c(c1)OCO2. The van der Waals surface area contributed by atoms with Gasteiger partial charge in [0.2, 0.25) is 12.7 Å². The van der Waals surface area contributed by atoms with Crippen LogP contribution in [0.4, 0.5) is 0 Å². The van der Waals surface area contributed by atoms with E-state index < -0.39 is 17.9 Å². The molecule has 0 saturated carbocycles. The average Bonchev–Trinajstić information content (AvgIpc) is 3.22. The molecule has 2 aromatic carbocycles. The fourth-order valence-corrected chi connectivity index (χ4v) is 3.81. The number of benzene rings is 2.